The summed E-state index contributed by atoms with van der Waals surface area (Å²) in [6.07, 6.45) is 2.66. The molecule has 5 nitrogen and oxygen atoms in total. The maximum Gasteiger partial charge on any atom is 0.173 e. The predicted octanol–water partition coefficient (Wildman–Crippen LogP) is 2.10. The highest BCUT2D eigenvalue weighted by molar-refractivity contribution is 7.13. The van der Waals surface area contributed by atoms with E-state index in [-0.39, 0.29) is 0 Å². The van der Waals surface area contributed by atoms with Crippen LogP contribution in [-0.4, -0.2) is 28.1 Å². The fourth-order valence-electron chi connectivity index (χ4n) is 1.98. The highest BCUT2D eigenvalue weighted by atomic mass is 32.1. The Balaban J connectivity index is 2.09. The standard InChI is InChI=1S/C12H14N4OS/c1-2-14-11-8-6-17-4-3-9(8)15-12(16-11)10-5-13-7-18-10/h5,7H,2-4,6H2,1H3,(H,14,15,16). The number of hydrogen-bond acceptors (Lipinski definition) is 6. The van der Waals surface area contributed by atoms with Gasteiger partial charge in [-0.1, -0.05) is 0 Å². The molecule has 0 amide bonds. The third-order valence-electron chi connectivity index (χ3n) is 2.82. The summed E-state index contributed by atoms with van der Waals surface area (Å²) < 4.78 is 5.48. The zero-order chi connectivity index (χ0) is 12.4. The molecule has 0 bridgehead atoms. The largest absolute Gasteiger partial charge is 0.376 e. The van der Waals surface area contributed by atoms with Crippen molar-refractivity contribution in [1.29, 1.82) is 0 Å². The van der Waals surface area contributed by atoms with Gasteiger partial charge in [0.1, 0.15) is 5.82 Å². The normalized spacial score (nSPS) is 14.3. The summed E-state index contributed by atoms with van der Waals surface area (Å²) in [5, 5.41) is 3.29. The Morgan fingerprint density at radius 3 is 3.17 bits per heavy atom. The van der Waals surface area contributed by atoms with E-state index in [1.54, 1.807) is 23.0 Å². The lowest BCUT2D eigenvalue weighted by molar-refractivity contribution is 0.109. The average Bonchev–Trinajstić information content (AvgIpc) is 2.93. The van der Waals surface area contributed by atoms with Gasteiger partial charge < -0.3 is 10.1 Å². The second kappa shape index (κ2) is 4.99. The SMILES string of the molecule is CCNc1nc(-c2cncs2)nc2c1COCC2. The van der Waals surface area contributed by atoms with Gasteiger partial charge in [0.15, 0.2) is 5.82 Å². The highest BCUT2D eigenvalue weighted by Gasteiger charge is 2.18. The van der Waals surface area contributed by atoms with Gasteiger partial charge in [-0.2, -0.15) is 0 Å². The number of hydrogen-bond donors (Lipinski definition) is 1. The van der Waals surface area contributed by atoms with Crippen LogP contribution in [-0.2, 0) is 17.8 Å². The summed E-state index contributed by atoms with van der Waals surface area (Å²) in [4.78, 5) is 14.3. The topological polar surface area (TPSA) is 59.9 Å². The van der Waals surface area contributed by atoms with Gasteiger partial charge >= 0.3 is 0 Å². The number of anilines is 1. The van der Waals surface area contributed by atoms with Crippen LogP contribution in [0, 0.1) is 0 Å². The first-order chi connectivity index (χ1) is 8.88. The Hall–Kier alpha value is -1.53. The van der Waals surface area contributed by atoms with Crippen molar-refractivity contribution in [3.63, 3.8) is 0 Å². The lowest BCUT2D eigenvalue weighted by Crippen LogP contribution is -2.17. The summed E-state index contributed by atoms with van der Waals surface area (Å²) in [7, 11) is 0. The zero-order valence-electron chi connectivity index (χ0n) is 10.1. The van der Waals surface area contributed by atoms with Crippen molar-refractivity contribution >= 4 is 17.2 Å². The Labute approximate surface area is 109 Å². The van der Waals surface area contributed by atoms with Crippen molar-refractivity contribution < 1.29 is 4.74 Å². The summed E-state index contributed by atoms with van der Waals surface area (Å²) in [5.74, 6) is 1.65. The van der Waals surface area contributed by atoms with Crippen LogP contribution in [0.15, 0.2) is 11.7 Å². The molecule has 0 saturated heterocycles. The first-order valence-electron chi connectivity index (χ1n) is 5.98. The molecular formula is C12H14N4OS. The first kappa shape index (κ1) is 11.6. The smallest absolute Gasteiger partial charge is 0.173 e. The molecule has 3 heterocycles. The number of nitrogens with one attached hydrogen (secondary N) is 1. The first-order valence-corrected chi connectivity index (χ1v) is 6.86. The summed E-state index contributed by atoms with van der Waals surface area (Å²) in [6, 6.07) is 0. The van der Waals surface area contributed by atoms with Crippen molar-refractivity contribution in [2.75, 3.05) is 18.5 Å². The summed E-state index contributed by atoms with van der Waals surface area (Å²) in [6.45, 7) is 4.23. The minimum absolute atomic E-state index is 0.598. The van der Waals surface area contributed by atoms with Crippen LogP contribution in [0.4, 0.5) is 5.82 Å². The van der Waals surface area contributed by atoms with E-state index in [0.717, 1.165) is 47.3 Å². The number of aromatic nitrogens is 3. The van der Waals surface area contributed by atoms with E-state index in [0.29, 0.717) is 6.61 Å². The molecule has 0 saturated carbocycles. The van der Waals surface area contributed by atoms with E-state index < -0.39 is 0 Å². The van der Waals surface area contributed by atoms with Crippen molar-refractivity contribution in [3.05, 3.63) is 23.0 Å². The number of fused-ring (bicyclic) bond motifs is 1. The van der Waals surface area contributed by atoms with Gasteiger partial charge in [0, 0.05) is 24.7 Å². The molecule has 0 radical (unpaired) electrons. The molecule has 2 aromatic rings. The van der Waals surface area contributed by atoms with Crippen molar-refractivity contribution in [3.8, 4) is 10.7 Å². The molecule has 94 valence electrons. The average molecular weight is 262 g/mol. The van der Waals surface area contributed by atoms with Crippen LogP contribution in [0.1, 0.15) is 18.2 Å². The minimum atomic E-state index is 0.598. The van der Waals surface area contributed by atoms with E-state index in [2.05, 4.69) is 27.2 Å². The van der Waals surface area contributed by atoms with Crippen LogP contribution in [0.5, 0.6) is 0 Å². The Morgan fingerprint density at radius 2 is 2.39 bits per heavy atom. The lowest BCUT2D eigenvalue weighted by Gasteiger charge is -2.19. The molecule has 1 aliphatic heterocycles. The number of ether oxygens (including phenoxy) is 1. The quantitative estimate of drug-likeness (QED) is 0.918. The van der Waals surface area contributed by atoms with Gasteiger partial charge in [0.25, 0.3) is 0 Å². The fraction of sp³-hybridized carbons (Fsp3) is 0.417. The molecule has 18 heavy (non-hydrogen) atoms. The third-order valence-corrected chi connectivity index (χ3v) is 3.59. The van der Waals surface area contributed by atoms with Crippen molar-refractivity contribution in [1.82, 2.24) is 15.0 Å². The second-order valence-electron chi connectivity index (χ2n) is 4.02. The maximum absolute atomic E-state index is 5.48. The highest BCUT2D eigenvalue weighted by Crippen LogP contribution is 2.27. The molecule has 6 heteroatoms. The minimum Gasteiger partial charge on any atom is -0.376 e. The van der Waals surface area contributed by atoms with Crippen molar-refractivity contribution in [2.24, 2.45) is 0 Å². The van der Waals surface area contributed by atoms with Gasteiger partial charge in [-0.05, 0) is 6.92 Å². The van der Waals surface area contributed by atoms with E-state index in [1.165, 1.54) is 0 Å². The maximum atomic E-state index is 5.48. The van der Waals surface area contributed by atoms with Gasteiger partial charge in [0.05, 0.1) is 29.3 Å². The Kier molecular flexibility index (Phi) is 3.21. The lowest BCUT2D eigenvalue weighted by atomic mass is 10.1. The van der Waals surface area contributed by atoms with E-state index in [4.69, 9.17) is 4.74 Å². The molecule has 0 spiro atoms. The van der Waals surface area contributed by atoms with Crippen molar-refractivity contribution in [2.45, 2.75) is 20.0 Å². The monoisotopic (exact) mass is 262 g/mol. The van der Waals surface area contributed by atoms with Gasteiger partial charge in [-0.3, -0.25) is 4.98 Å². The van der Waals surface area contributed by atoms with Crippen LogP contribution in [0.25, 0.3) is 10.7 Å². The fourth-order valence-corrected chi connectivity index (χ4v) is 2.54. The molecule has 2 aromatic heterocycles. The van der Waals surface area contributed by atoms with Crippen LogP contribution < -0.4 is 5.32 Å². The van der Waals surface area contributed by atoms with E-state index >= 15 is 0 Å². The molecule has 0 unspecified atom stereocenters. The number of nitrogens with zero attached hydrogens (tertiary/aromatic N) is 3. The molecule has 0 aromatic carbocycles. The molecule has 0 fully saturated rings. The molecule has 1 N–H and O–H groups in total. The molecule has 0 atom stereocenters. The summed E-state index contributed by atoms with van der Waals surface area (Å²) >= 11 is 1.56. The Bertz CT molecular complexity index is 541. The van der Waals surface area contributed by atoms with Gasteiger partial charge in [0.2, 0.25) is 0 Å². The van der Waals surface area contributed by atoms with E-state index in [1.807, 2.05) is 0 Å². The van der Waals surface area contributed by atoms with Gasteiger partial charge in [-0.15, -0.1) is 11.3 Å². The predicted molar refractivity (Wildman–Crippen MR) is 70.7 cm³/mol. The molecule has 1 aliphatic rings. The third kappa shape index (κ3) is 2.09. The van der Waals surface area contributed by atoms with E-state index in [9.17, 15) is 0 Å². The van der Waals surface area contributed by atoms with Crippen LogP contribution in [0.2, 0.25) is 0 Å². The number of rotatable bonds is 3. The molecular weight excluding hydrogens is 248 g/mol. The second-order valence-corrected chi connectivity index (χ2v) is 4.91. The molecule has 0 aliphatic carbocycles. The number of thiazole rings is 1. The molecule has 3 rings (SSSR count). The van der Waals surface area contributed by atoms with Gasteiger partial charge in [-0.25, -0.2) is 9.97 Å². The Morgan fingerprint density at radius 1 is 1.44 bits per heavy atom. The van der Waals surface area contributed by atoms with Crippen LogP contribution >= 0.6 is 11.3 Å². The zero-order valence-corrected chi connectivity index (χ0v) is 11.0. The summed E-state index contributed by atoms with van der Waals surface area (Å²) in [5.41, 5.74) is 3.99. The van der Waals surface area contributed by atoms with Crippen LogP contribution in [0.3, 0.4) is 0 Å².